The van der Waals surface area contributed by atoms with Crippen molar-refractivity contribution < 1.29 is 26.9 Å². The zero-order valence-corrected chi connectivity index (χ0v) is 11.0. The molecule has 0 aromatic heterocycles. The predicted octanol–water partition coefficient (Wildman–Crippen LogP) is 1.79. The highest BCUT2D eigenvalue weighted by Gasteiger charge is 2.38. The first kappa shape index (κ1) is 14.5. The van der Waals surface area contributed by atoms with E-state index in [0.29, 0.717) is 0 Å². The van der Waals surface area contributed by atoms with Gasteiger partial charge in [0, 0.05) is 7.05 Å². The molecule has 1 aliphatic heterocycles. The molecule has 9 heteroatoms. The number of ether oxygens (including phenoxy) is 1. The van der Waals surface area contributed by atoms with Crippen LogP contribution in [-0.4, -0.2) is 40.2 Å². The van der Waals surface area contributed by atoms with Gasteiger partial charge in [-0.25, -0.2) is 4.21 Å². The molecule has 1 heterocycles. The number of amidine groups is 1. The van der Waals surface area contributed by atoms with Crippen LogP contribution >= 0.6 is 0 Å². The first-order valence-corrected chi connectivity index (χ1v) is 6.51. The van der Waals surface area contributed by atoms with E-state index in [9.17, 15) is 22.2 Å². The molecule has 0 radical (unpaired) electrons. The third-order valence-electron chi connectivity index (χ3n) is 2.45. The smallest absolute Gasteiger partial charge is 0.454 e. The van der Waals surface area contributed by atoms with Crippen LogP contribution in [0.4, 0.5) is 18.9 Å². The normalized spacial score (nSPS) is 19.3. The van der Waals surface area contributed by atoms with Crippen LogP contribution in [0.3, 0.4) is 0 Å². The Morgan fingerprint density at radius 3 is 2.65 bits per heavy atom. The summed E-state index contributed by atoms with van der Waals surface area (Å²) in [6, 6.07) is 4.85. The summed E-state index contributed by atoms with van der Waals surface area (Å²) in [5, 5.41) is 0. The number of nitrogens with zero attached hydrogens (tertiary/aromatic N) is 2. The molecule has 5 nitrogen and oxygen atoms in total. The van der Waals surface area contributed by atoms with Crippen molar-refractivity contribution in [2.75, 3.05) is 13.7 Å². The molecule has 20 heavy (non-hydrogen) atoms. The molecular weight excluding hydrogens is 297 g/mol. The van der Waals surface area contributed by atoms with Crippen molar-refractivity contribution in [1.82, 2.24) is 4.90 Å². The lowest BCUT2D eigenvalue weighted by molar-refractivity contribution is -0.124. The molecule has 0 bridgehead atoms. The van der Waals surface area contributed by atoms with Crippen molar-refractivity contribution in [1.29, 1.82) is 0 Å². The third kappa shape index (κ3) is 2.98. The van der Waals surface area contributed by atoms with Gasteiger partial charge in [-0.1, -0.05) is 6.07 Å². The lowest BCUT2D eigenvalue weighted by Crippen LogP contribution is -2.24. The Kier molecular flexibility index (Phi) is 3.80. The first-order valence-electron chi connectivity index (χ1n) is 5.36. The quantitative estimate of drug-likeness (QED) is 0.837. The summed E-state index contributed by atoms with van der Waals surface area (Å²) in [4.78, 5) is 15.9. The number of hydrogen-bond donors (Lipinski definition) is 0. The lowest BCUT2D eigenvalue weighted by Gasteiger charge is -2.08. The predicted molar refractivity (Wildman–Crippen MR) is 64.7 cm³/mol. The molecule has 1 aliphatic rings. The number of aliphatic imine (C=N–C) groups is 1. The fourth-order valence-electron chi connectivity index (χ4n) is 1.45. The van der Waals surface area contributed by atoms with Crippen molar-refractivity contribution in [3.05, 3.63) is 24.3 Å². The van der Waals surface area contributed by atoms with Crippen LogP contribution in [0.5, 0.6) is 0 Å². The standard InChI is InChI=1S/C11H9F3N2O3S/c1-16-9(17)6-19-10(16)15-7-3-2-4-8(5-7)20(18)11(12,13)14/h2-5H,6H2,1H3. The van der Waals surface area contributed by atoms with E-state index in [1.807, 2.05) is 0 Å². The Bertz CT molecular complexity index is 601. The molecule has 0 saturated carbocycles. The third-order valence-corrected chi connectivity index (χ3v) is 3.55. The van der Waals surface area contributed by atoms with Crippen molar-refractivity contribution in [3.8, 4) is 0 Å². The fourth-order valence-corrected chi connectivity index (χ4v) is 2.14. The van der Waals surface area contributed by atoms with Gasteiger partial charge in [-0.2, -0.15) is 18.2 Å². The van der Waals surface area contributed by atoms with Gasteiger partial charge < -0.3 is 4.74 Å². The maximum absolute atomic E-state index is 12.4. The molecule has 0 N–H and O–H groups in total. The zero-order chi connectivity index (χ0) is 14.9. The van der Waals surface area contributed by atoms with E-state index in [2.05, 4.69) is 4.99 Å². The largest absolute Gasteiger partial charge is 0.475 e. The Morgan fingerprint density at radius 1 is 1.40 bits per heavy atom. The zero-order valence-electron chi connectivity index (χ0n) is 10.2. The number of likely N-dealkylation sites (N-methyl/N-ethyl adjacent to an activating group) is 1. The number of benzene rings is 1. The molecule has 1 fully saturated rings. The second-order valence-electron chi connectivity index (χ2n) is 3.85. The van der Waals surface area contributed by atoms with Crippen molar-refractivity contribution >= 4 is 28.4 Å². The molecule has 0 spiro atoms. The molecule has 2 rings (SSSR count). The van der Waals surface area contributed by atoms with Crippen LogP contribution < -0.4 is 0 Å². The Hall–Kier alpha value is -1.90. The molecule has 0 aliphatic carbocycles. The molecular formula is C11H9F3N2O3S. The lowest BCUT2D eigenvalue weighted by atomic mass is 10.3. The number of alkyl halides is 3. The van der Waals surface area contributed by atoms with E-state index >= 15 is 0 Å². The molecule has 1 atom stereocenters. The summed E-state index contributed by atoms with van der Waals surface area (Å²) in [5.74, 6) is -0.307. The number of hydrogen-bond acceptors (Lipinski definition) is 4. The molecule has 1 aromatic rings. The van der Waals surface area contributed by atoms with E-state index in [-0.39, 0.29) is 24.2 Å². The van der Waals surface area contributed by atoms with Gasteiger partial charge >= 0.3 is 5.51 Å². The average molecular weight is 306 g/mol. The molecule has 1 aromatic carbocycles. The summed E-state index contributed by atoms with van der Waals surface area (Å²) < 4.78 is 53.3. The van der Waals surface area contributed by atoms with Gasteiger partial charge in [0.1, 0.15) is 0 Å². The van der Waals surface area contributed by atoms with Gasteiger partial charge in [0.05, 0.1) is 10.6 Å². The Balaban J connectivity index is 2.30. The molecule has 1 saturated heterocycles. The summed E-state index contributed by atoms with van der Waals surface area (Å²) in [6.07, 6.45) is 0. The van der Waals surface area contributed by atoms with Gasteiger partial charge in [-0.05, 0) is 18.2 Å². The first-order chi connectivity index (χ1) is 9.29. The van der Waals surface area contributed by atoms with Crippen LogP contribution in [0.25, 0.3) is 0 Å². The highest BCUT2D eigenvalue weighted by Crippen LogP contribution is 2.28. The number of halogens is 3. The summed E-state index contributed by atoms with van der Waals surface area (Å²) in [5.41, 5.74) is -4.71. The fraction of sp³-hybridized carbons (Fsp3) is 0.273. The average Bonchev–Trinajstić information content (AvgIpc) is 2.69. The van der Waals surface area contributed by atoms with Gasteiger partial charge in [-0.15, -0.1) is 0 Å². The van der Waals surface area contributed by atoms with Gasteiger partial charge in [0.15, 0.2) is 17.4 Å². The molecule has 108 valence electrons. The monoisotopic (exact) mass is 306 g/mol. The van der Waals surface area contributed by atoms with Crippen LogP contribution in [0.1, 0.15) is 0 Å². The van der Waals surface area contributed by atoms with E-state index in [1.54, 1.807) is 0 Å². The van der Waals surface area contributed by atoms with E-state index in [1.165, 1.54) is 19.2 Å². The second kappa shape index (κ2) is 5.23. The van der Waals surface area contributed by atoms with Gasteiger partial charge in [-0.3, -0.25) is 9.69 Å². The molecule has 1 amide bonds. The molecule has 1 unspecified atom stereocenters. The van der Waals surface area contributed by atoms with Crippen LogP contribution in [0.2, 0.25) is 0 Å². The minimum atomic E-state index is -4.83. The van der Waals surface area contributed by atoms with Crippen molar-refractivity contribution in [3.63, 3.8) is 0 Å². The number of amides is 1. The summed E-state index contributed by atoms with van der Waals surface area (Å²) in [6.45, 7) is -0.163. The van der Waals surface area contributed by atoms with Crippen molar-refractivity contribution in [2.24, 2.45) is 4.99 Å². The van der Waals surface area contributed by atoms with E-state index in [0.717, 1.165) is 17.0 Å². The van der Waals surface area contributed by atoms with Crippen LogP contribution in [-0.2, 0) is 20.3 Å². The number of rotatable bonds is 2. The van der Waals surface area contributed by atoms with Crippen LogP contribution in [0.15, 0.2) is 34.2 Å². The van der Waals surface area contributed by atoms with Gasteiger partial charge in [0.25, 0.3) is 11.9 Å². The number of carbonyl (C=O) groups excluding carboxylic acids is 1. The number of carbonyl (C=O) groups is 1. The van der Waals surface area contributed by atoms with Crippen molar-refractivity contribution in [2.45, 2.75) is 10.4 Å². The minimum absolute atomic E-state index is 0.00931. The maximum atomic E-state index is 12.4. The van der Waals surface area contributed by atoms with Gasteiger partial charge in [0.2, 0.25) is 0 Å². The summed E-state index contributed by atoms with van der Waals surface area (Å²) in [7, 11) is -1.68. The van der Waals surface area contributed by atoms with Crippen LogP contribution in [0, 0.1) is 0 Å². The summed E-state index contributed by atoms with van der Waals surface area (Å²) >= 11 is 0. The van der Waals surface area contributed by atoms with E-state index < -0.39 is 21.2 Å². The minimum Gasteiger partial charge on any atom is -0.454 e. The Labute approximate surface area is 114 Å². The Morgan fingerprint density at radius 2 is 2.10 bits per heavy atom. The van der Waals surface area contributed by atoms with E-state index in [4.69, 9.17) is 4.74 Å². The SMILES string of the molecule is CN1C(=O)COC1=Nc1cccc(S(=O)C(F)(F)F)c1. The maximum Gasteiger partial charge on any atom is 0.475 e. The highest BCUT2D eigenvalue weighted by molar-refractivity contribution is 7.86. The topological polar surface area (TPSA) is 59.0 Å². The second-order valence-corrected chi connectivity index (χ2v) is 5.32. The highest BCUT2D eigenvalue weighted by atomic mass is 32.2.